The second-order valence-corrected chi connectivity index (χ2v) is 7.09. The number of aryl methyl sites for hydroxylation is 2. The van der Waals surface area contributed by atoms with Crippen molar-refractivity contribution < 1.29 is 14.3 Å². The number of nitrogens with one attached hydrogen (secondary N) is 1. The van der Waals surface area contributed by atoms with Crippen LogP contribution < -0.4 is 5.32 Å². The molecule has 0 saturated heterocycles. The third-order valence-electron chi connectivity index (χ3n) is 4.68. The molecule has 0 unspecified atom stereocenters. The lowest BCUT2D eigenvalue weighted by atomic mass is 10.0. The van der Waals surface area contributed by atoms with Crippen molar-refractivity contribution in [2.24, 2.45) is 7.05 Å². The first-order chi connectivity index (χ1) is 12.9. The summed E-state index contributed by atoms with van der Waals surface area (Å²) in [5, 5.41) is 13.8. The summed E-state index contributed by atoms with van der Waals surface area (Å²) in [6.07, 6.45) is 0.701. The first-order valence-corrected chi connectivity index (χ1v) is 9.26. The summed E-state index contributed by atoms with van der Waals surface area (Å²) in [6, 6.07) is 8.99. The van der Waals surface area contributed by atoms with E-state index in [1.54, 1.807) is 41.9 Å². The Morgan fingerprint density at radius 1 is 1.26 bits per heavy atom. The molecule has 1 atom stereocenters. The maximum Gasteiger partial charge on any atom is 0.268 e. The molecule has 2 N–H and O–H groups in total. The number of rotatable bonds is 5. The molecule has 0 aliphatic heterocycles. The fraction of sp³-hybridized carbons (Fsp3) is 0.250. The summed E-state index contributed by atoms with van der Waals surface area (Å²) in [7, 11) is 1.73. The van der Waals surface area contributed by atoms with Crippen molar-refractivity contribution >= 4 is 40.0 Å². The second kappa shape index (κ2) is 7.89. The van der Waals surface area contributed by atoms with Crippen LogP contribution in [0.4, 0.5) is 4.39 Å². The van der Waals surface area contributed by atoms with Gasteiger partial charge in [-0.2, -0.15) is 0 Å². The third kappa shape index (κ3) is 3.68. The molecule has 4 nitrogen and oxygen atoms in total. The zero-order valence-electron chi connectivity index (χ0n) is 14.9. The van der Waals surface area contributed by atoms with Gasteiger partial charge in [-0.3, -0.25) is 4.79 Å². The van der Waals surface area contributed by atoms with Gasteiger partial charge in [0, 0.05) is 23.5 Å². The number of hydrogen-bond donors (Lipinski definition) is 2. The van der Waals surface area contributed by atoms with E-state index in [4.69, 9.17) is 23.2 Å². The molecule has 0 aliphatic rings. The normalized spacial score (nSPS) is 12.4. The monoisotopic (exact) mass is 408 g/mol. The topological polar surface area (TPSA) is 54.3 Å². The molecule has 1 amide bonds. The summed E-state index contributed by atoms with van der Waals surface area (Å²) in [4.78, 5) is 12.8. The van der Waals surface area contributed by atoms with E-state index in [-0.39, 0.29) is 5.56 Å². The third-order valence-corrected chi connectivity index (χ3v) is 5.50. The number of aromatic nitrogens is 1. The van der Waals surface area contributed by atoms with Gasteiger partial charge in [0.25, 0.3) is 5.91 Å². The number of aliphatic hydroxyl groups is 1. The van der Waals surface area contributed by atoms with Gasteiger partial charge >= 0.3 is 0 Å². The summed E-state index contributed by atoms with van der Waals surface area (Å²) in [5.74, 6) is -0.903. The molecule has 0 saturated carbocycles. The van der Waals surface area contributed by atoms with E-state index in [1.807, 2.05) is 6.92 Å². The van der Waals surface area contributed by atoms with Crippen molar-refractivity contribution in [3.8, 4) is 0 Å². The lowest BCUT2D eigenvalue weighted by Crippen LogP contribution is -2.32. The molecule has 0 spiro atoms. The van der Waals surface area contributed by atoms with E-state index in [9.17, 15) is 14.3 Å². The van der Waals surface area contributed by atoms with Crippen LogP contribution in [0.1, 0.15) is 34.6 Å². The standard InChI is InChI=1S/C20H19Cl2FN2O2/c1-3-11-4-5-12(15(23)8-11)16(10-26)24-20(27)18-9-13-17(25(18)2)7-6-14(21)19(13)22/h4-9,16,26H,3,10H2,1-2H3,(H,24,27)/t16-/m1/s1. The largest absolute Gasteiger partial charge is 0.394 e. The number of nitrogens with zero attached hydrogens (tertiary/aromatic N) is 1. The minimum Gasteiger partial charge on any atom is -0.394 e. The van der Waals surface area contributed by atoms with E-state index in [0.29, 0.717) is 27.5 Å². The molecule has 0 bridgehead atoms. The Hall–Kier alpha value is -2.08. The fourth-order valence-corrected chi connectivity index (χ4v) is 3.47. The van der Waals surface area contributed by atoms with Gasteiger partial charge in [0.1, 0.15) is 11.5 Å². The Morgan fingerprint density at radius 3 is 2.63 bits per heavy atom. The van der Waals surface area contributed by atoms with Crippen molar-refractivity contribution in [3.05, 3.63) is 69.1 Å². The number of benzene rings is 2. The number of amides is 1. The van der Waals surface area contributed by atoms with Crippen molar-refractivity contribution in [1.82, 2.24) is 9.88 Å². The van der Waals surface area contributed by atoms with Crippen molar-refractivity contribution in [2.45, 2.75) is 19.4 Å². The first kappa shape index (κ1) is 19.7. The van der Waals surface area contributed by atoms with E-state index in [2.05, 4.69) is 5.32 Å². The van der Waals surface area contributed by atoms with Crippen LogP contribution in [0.2, 0.25) is 10.0 Å². The Labute approximate surface area is 166 Å². The van der Waals surface area contributed by atoms with Gasteiger partial charge in [0.15, 0.2) is 0 Å². The zero-order chi connectivity index (χ0) is 19.7. The fourth-order valence-electron chi connectivity index (χ4n) is 3.09. The second-order valence-electron chi connectivity index (χ2n) is 6.30. The zero-order valence-corrected chi connectivity index (χ0v) is 16.4. The minimum absolute atomic E-state index is 0.239. The molecule has 0 radical (unpaired) electrons. The van der Waals surface area contributed by atoms with E-state index < -0.39 is 24.4 Å². The lowest BCUT2D eigenvalue weighted by molar-refractivity contribution is 0.0907. The summed E-state index contributed by atoms with van der Waals surface area (Å²) >= 11 is 12.3. The van der Waals surface area contributed by atoms with Crippen molar-refractivity contribution in [3.63, 3.8) is 0 Å². The molecule has 0 aliphatic carbocycles. The number of halogens is 3. The number of hydrogen-bond acceptors (Lipinski definition) is 2. The molecule has 0 fully saturated rings. The summed E-state index contributed by atoms with van der Waals surface area (Å²) < 4.78 is 16.0. The van der Waals surface area contributed by atoms with Gasteiger partial charge in [0.2, 0.25) is 0 Å². The predicted molar refractivity (Wildman–Crippen MR) is 106 cm³/mol. The summed E-state index contributed by atoms with van der Waals surface area (Å²) in [5.41, 5.74) is 2.16. The lowest BCUT2D eigenvalue weighted by Gasteiger charge is -2.18. The number of carbonyl (C=O) groups is 1. The Balaban J connectivity index is 1.93. The minimum atomic E-state index is -0.861. The van der Waals surface area contributed by atoms with Crippen molar-refractivity contribution in [2.75, 3.05) is 6.61 Å². The predicted octanol–water partition coefficient (Wildman–Crippen LogP) is 4.65. The van der Waals surface area contributed by atoms with Crippen LogP contribution >= 0.6 is 23.2 Å². The van der Waals surface area contributed by atoms with Gasteiger partial charge in [-0.25, -0.2) is 4.39 Å². The molecule has 1 aromatic heterocycles. The Morgan fingerprint density at radius 2 is 2.00 bits per heavy atom. The maximum absolute atomic E-state index is 14.4. The van der Waals surface area contributed by atoms with Crippen LogP contribution in [-0.2, 0) is 13.5 Å². The molecular weight excluding hydrogens is 390 g/mol. The van der Waals surface area contributed by atoms with Gasteiger partial charge in [-0.05, 0) is 36.2 Å². The first-order valence-electron chi connectivity index (χ1n) is 8.50. The van der Waals surface area contributed by atoms with E-state index in [0.717, 1.165) is 11.1 Å². The number of aliphatic hydroxyl groups excluding tert-OH is 1. The average Bonchev–Trinajstić information content (AvgIpc) is 3.00. The van der Waals surface area contributed by atoms with Crippen LogP contribution in [0.3, 0.4) is 0 Å². The Bertz CT molecular complexity index is 1020. The van der Waals surface area contributed by atoms with Crippen LogP contribution in [0, 0.1) is 5.82 Å². The molecule has 7 heteroatoms. The SMILES string of the molecule is CCc1ccc([C@@H](CO)NC(=O)c2cc3c(Cl)c(Cl)ccc3n2C)c(F)c1. The highest BCUT2D eigenvalue weighted by molar-refractivity contribution is 6.45. The molecule has 2 aromatic carbocycles. The van der Waals surface area contributed by atoms with E-state index >= 15 is 0 Å². The summed E-state index contributed by atoms with van der Waals surface area (Å²) in [6.45, 7) is 1.50. The molecule has 3 rings (SSSR count). The van der Waals surface area contributed by atoms with Crippen molar-refractivity contribution in [1.29, 1.82) is 0 Å². The van der Waals surface area contributed by atoms with Gasteiger partial charge in [-0.15, -0.1) is 0 Å². The average molecular weight is 409 g/mol. The highest BCUT2D eigenvalue weighted by Crippen LogP contribution is 2.32. The highest BCUT2D eigenvalue weighted by Gasteiger charge is 2.22. The molecule has 27 heavy (non-hydrogen) atoms. The van der Waals surface area contributed by atoms with Gasteiger partial charge < -0.3 is 15.0 Å². The smallest absolute Gasteiger partial charge is 0.268 e. The van der Waals surface area contributed by atoms with Crippen LogP contribution in [0.15, 0.2) is 36.4 Å². The van der Waals surface area contributed by atoms with Crippen LogP contribution in [-0.4, -0.2) is 22.2 Å². The maximum atomic E-state index is 14.4. The Kier molecular flexibility index (Phi) is 5.75. The quantitative estimate of drug-likeness (QED) is 0.645. The molecule has 142 valence electrons. The molecular formula is C20H19Cl2FN2O2. The highest BCUT2D eigenvalue weighted by atomic mass is 35.5. The number of fused-ring (bicyclic) bond motifs is 1. The van der Waals surface area contributed by atoms with Gasteiger partial charge in [-0.1, -0.05) is 42.3 Å². The van der Waals surface area contributed by atoms with Crippen LogP contribution in [0.5, 0.6) is 0 Å². The van der Waals surface area contributed by atoms with E-state index in [1.165, 1.54) is 6.07 Å². The number of carbonyl (C=O) groups excluding carboxylic acids is 1. The van der Waals surface area contributed by atoms with Gasteiger partial charge in [0.05, 0.1) is 22.7 Å². The molecule has 1 heterocycles. The molecule has 3 aromatic rings. The van der Waals surface area contributed by atoms with Crippen LogP contribution in [0.25, 0.3) is 10.9 Å².